The van der Waals surface area contributed by atoms with Crippen LogP contribution in [0.4, 0.5) is 0 Å². The Bertz CT molecular complexity index is 881. The number of hydrogen-bond acceptors (Lipinski definition) is 3. The van der Waals surface area contributed by atoms with Gasteiger partial charge in [0.1, 0.15) is 5.92 Å². The van der Waals surface area contributed by atoms with E-state index in [4.69, 9.17) is 23.8 Å². The van der Waals surface area contributed by atoms with E-state index in [0.29, 0.717) is 30.2 Å². The van der Waals surface area contributed by atoms with Gasteiger partial charge in [0.2, 0.25) is 16.9 Å². The highest BCUT2D eigenvalue weighted by molar-refractivity contribution is 9.11. The monoisotopic (exact) mass is 465 g/mol. The van der Waals surface area contributed by atoms with Crippen LogP contribution in [0.5, 0.6) is 0 Å². The highest BCUT2D eigenvalue weighted by Crippen LogP contribution is 2.25. The topological polar surface area (TPSA) is 61.8 Å². The first-order chi connectivity index (χ1) is 13.0. The second-order valence-corrected chi connectivity index (χ2v) is 7.83. The highest BCUT2D eigenvalue weighted by Gasteiger charge is 2.34. The molecular weight excluding hydrogens is 450 g/mol. The van der Waals surface area contributed by atoms with Gasteiger partial charge in [-0.3, -0.25) is 14.5 Å². The van der Waals surface area contributed by atoms with Crippen molar-refractivity contribution in [3.05, 3.63) is 57.6 Å². The number of carbonyl (C=O) groups is 2. The molecule has 0 spiro atoms. The SMILES string of the molecule is O=C(CCCN1C(=O)C2C=C(Br)C=CC2=NC1=S)NCc1ccccc1Cl. The van der Waals surface area contributed by atoms with Gasteiger partial charge in [0, 0.05) is 29.0 Å². The number of rotatable bonds is 6. The van der Waals surface area contributed by atoms with Gasteiger partial charge in [-0.15, -0.1) is 0 Å². The molecule has 1 heterocycles. The maximum atomic E-state index is 12.7. The van der Waals surface area contributed by atoms with E-state index in [2.05, 4.69) is 26.2 Å². The number of allylic oxidation sites excluding steroid dienone is 3. The summed E-state index contributed by atoms with van der Waals surface area (Å²) in [6, 6.07) is 7.37. The Morgan fingerprint density at radius 1 is 1.33 bits per heavy atom. The number of hydrogen-bond donors (Lipinski definition) is 1. The van der Waals surface area contributed by atoms with E-state index in [1.807, 2.05) is 30.4 Å². The van der Waals surface area contributed by atoms with Crippen molar-refractivity contribution >= 4 is 62.4 Å². The molecule has 0 radical (unpaired) electrons. The summed E-state index contributed by atoms with van der Waals surface area (Å²) in [5.41, 5.74) is 1.52. The molecule has 1 atom stereocenters. The van der Waals surface area contributed by atoms with Crippen molar-refractivity contribution in [2.75, 3.05) is 6.54 Å². The lowest BCUT2D eigenvalue weighted by molar-refractivity contribution is -0.129. The van der Waals surface area contributed by atoms with Gasteiger partial charge < -0.3 is 5.32 Å². The molecule has 2 aliphatic rings. The second-order valence-electron chi connectivity index (χ2n) is 6.14. The van der Waals surface area contributed by atoms with E-state index in [0.717, 1.165) is 10.0 Å². The molecule has 0 saturated carbocycles. The molecule has 8 heteroatoms. The van der Waals surface area contributed by atoms with Gasteiger partial charge in [0.15, 0.2) is 0 Å². The maximum absolute atomic E-state index is 12.7. The van der Waals surface area contributed by atoms with Crippen LogP contribution in [-0.4, -0.2) is 34.1 Å². The van der Waals surface area contributed by atoms with Gasteiger partial charge >= 0.3 is 0 Å². The van der Waals surface area contributed by atoms with Crippen molar-refractivity contribution in [2.45, 2.75) is 19.4 Å². The van der Waals surface area contributed by atoms with Gasteiger partial charge in [-0.25, -0.2) is 4.99 Å². The molecule has 140 valence electrons. The smallest absolute Gasteiger partial charge is 0.241 e. The maximum Gasteiger partial charge on any atom is 0.241 e. The average molecular weight is 467 g/mol. The van der Waals surface area contributed by atoms with Crippen LogP contribution >= 0.6 is 39.7 Å². The number of fused-ring (bicyclic) bond motifs is 1. The summed E-state index contributed by atoms with van der Waals surface area (Å²) in [4.78, 5) is 30.6. The summed E-state index contributed by atoms with van der Waals surface area (Å²) in [7, 11) is 0. The van der Waals surface area contributed by atoms with Crippen LogP contribution in [0.25, 0.3) is 0 Å². The van der Waals surface area contributed by atoms with E-state index >= 15 is 0 Å². The minimum atomic E-state index is -0.426. The van der Waals surface area contributed by atoms with Crippen LogP contribution in [-0.2, 0) is 16.1 Å². The zero-order valence-corrected chi connectivity index (χ0v) is 17.5. The molecule has 0 bridgehead atoms. The molecule has 1 aliphatic carbocycles. The van der Waals surface area contributed by atoms with E-state index < -0.39 is 5.92 Å². The van der Waals surface area contributed by atoms with E-state index in [9.17, 15) is 9.59 Å². The standard InChI is InChI=1S/C19H17BrClN3O2S/c20-13-7-8-16-14(10-13)18(26)24(19(27)23-16)9-3-6-17(25)22-11-12-4-1-2-5-15(12)21/h1-2,4-5,7-8,10,14H,3,6,9,11H2,(H,22,25). The first-order valence-electron chi connectivity index (χ1n) is 8.45. The van der Waals surface area contributed by atoms with E-state index in [1.165, 1.54) is 4.90 Å². The molecule has 0 fully saturated rings. The Balaban J connectivity index is 1.50. The third-order valence-corrected chi connectivity index (χ3v) is 5.47. The number of benzene rings is 1. The third kappa shape index (κ3) is 4.91. The van der Waals surface area contributed by atoms with Crippen LogP contribution in [0.15, 0.2) is 52.0 Å². The molecule has 1 aliphatic heterocycles. The molecule has 1 unspecified atom stereocenters. The van der Waals surface area contributed by atoms with E-state index in [-0.39, 0.29) is 23.3 Å². The zero-order valence-electron chi connectivity index (χ0n) is 14.3. The Hall–Kier alpha value is -1.83. The number of carbonyl (C=O) groups excluding carboxylic acids is 2. The largest absolute Gasteiger partial charge is 0.352 e. The number of nitrogens with zero attached hydrogens (tertiary/aromatic N) is 2. The molecule has 1 N–H and O–H groups in total. The quantitative estimate of drug-likeness (QED) is 0.649. The Kier molecular flexibility index (Phi) is 6.57. The van der Waals surface area contributed by atoms with E-state index in [1.54, 1.807) is 12.1 Å². The molecule has 5 nitrogen and oxygen atoms in total. The summed E-state index contributed by atoms with van der Waals surface area (Å²) in [5.74, 6) is -0.634. The number of nitrogens with one attached hydrogen (secondary N) is 1. The molecule has 0 aromatic heterocycles. The van der Waals surface area contributed by atoms with Gasteiger partial charge in [0.25, 0.3) is 0 Å². The Morgan fingerprint density at radius 3 is 2.89 bits per heavy atom. The number of amides is 2. The summed E-state index contributed by atoms with van der Waals surface area (Å²) in [6.45, 7) is 0.736. The summed E-state index contributed by atoms with van der Waals surface area (Å²) >= 11 is 14.7. The Labute approximate surface area is 176 Å². The van der Waals surface area contributed by atoms with Crippen molar-refractivity contribution in [2.24, 2.45) is 10.9 Å². The zero-order chi connectivity index (χ0) is 19.4. The minimum Gasteiger partial charge on any atom is -0.352 e. The van der Waals surface area contributed by atoms with Crippen molar-refractivity contribution in [1.82, 2.24) is 10.2 Å². The molecule has 1 aromatic carbocycles. The van der Waals surface area contributed by atoms with Gasteiger partial charge in [-0.2, -0.15) is 0 Å². The lowest BCUT2D eigenvalue weighted by Crippen LogP contribution is -2.46. The van der Waals surface area contributed by atoms with Crippen LogP contribution < -0.4 is 5.32 Å². The van der Waals surface area contributed by atoms with Crippen LogP contribution in [0.3, 0.4) is 0 Å². The average Bonchev–Trinajstić information content (AvgIpc) is 2.64. The second kappa shape index (κ2) is 8.91. The normalized spacial score (nSPS) is 18.7. The van der Waals surface area contributed by atoms with Gasteiger partial charge in [0.05, 0.1) is 5.71 Å². The summed E-state index contributed by atoms with van der Waals surface area (Å²) in [5, 5.41) is 3.71. The lowest BCUT2D eigenvalue weighted by Gasteiger charge is -2.30. The number of aliphatic imine (C=N–C) groups is 1. The molecule has 2 amide bonds. The third-order valence-electron chi connectivity index (χ3n) is 4.26. The molecule has 3 rings (SSSR count). The van der Waals surface area contributed by atoms with Crippen molar-refractivity contribution in [1.29, 1.82) is 0 Å². The van der Waals surface area contributed by atoms with Crippen LogP contribution in [0, 0.1) is 5.92 Å². The predicted octanol–water partition coefficient (Wildman–Crippen LogP) is 3.77. The van der Waals surface area contributed by atoms with Crippen molar-refractivity contribution in [3.8, 4) is 0 Å². The fourth-order valence-electron chi connectivity index (χ4n) is 2.83. The van der Waals surface area contributed by atoms with Crippen LogP contribution in [0.1, 0.15) is 18.4 Å². The van der Waals surface area contributed by atoms with Crippen molar-refractivity contribution < 1.29 is 9.59 Å². The number of halogens is 2. The number of thiocarbonyl (C=S) groups is 1. The van der Waals surface area contributed by atoms with Crippen molar-refractivity contribution in [3.63, 3.8) is 0 Å². The van der Waals surface area contributed by atoms with Gasteiger partial charge in [-0.1, -0.05) is 51.8 Å². The van der Waals surface area contributed by atoms with Gasteiger partial charge in [-0.05, 0) is 42.4 Å². The molecule has 27 heavy (non-hydrogen) atoms. The molecular formula is C19H17BrClN3O2S. The fourth-order valence-corrected chi connectivity index (χ4v) is 3.72. The molecule has 1 aromatic rings. The predicted molar refractivity (Wildman–Crippen MR) is 114 cm³/mol. The lowest BCUT2D eigenvalue weighted by atomic mass is 9.95. The van der Waals surface area contributed by atoms with Crippen LogP contribution in [0.2, 0.25) is 5.02 Å². The summed E-state index contributed by atoms with van der Waals surface area (Å²) < 4.78 is 0.839. The first kappa shape index (κ1) is 19.9. The Morgan fingerprint density at radius 2 is 2.11 bits per heavy atom. The minimum absolute atomic E-state index is 0.0993. The summed E-state index contributed by atoms with van der Waals surface area (Å²) in [6.07, 6.45) is 6.23. The molecule has 0 saturated heterocycles. The highest BCUT2D eigenvalue weighted by atomic mass is 79.9. The first-order valence-corrected chi connectivity index (χ1v) is 10.0. The fraction of sp³-hybridized carbons (Fsp3) is 0.263.